The first-order chi connectivity index (χ1) is 6.15. The molecule has 0 aromatic heterocycles. The van der Waals surface area contributed by atoms with Gasteiger partial charge in [0.05, 0.1) is 0 Å². The van der Waals surface area contributed by atoms with Crippen LogP contribution < -0.4 is 0 Å². The maximum absolute atomic E-state index is 3.55. The van der Waals surface area contributed by atoms with E-state index in [2.05, 4.69) is 62.9 Å². The van der Waals surface area contributed by atoms with E-state index < -0.39 is 0 Å². The lowest BCUT2D eigenvalue weighted by molar-refractivity contribution is 0.344. The van der Waals surface area contributed by atoms with Gasteiger partial charge in [0, 0.05) is 15.5 Å². The molecule has 13 heavy (non-hydrogen) atoms. The van der Waals surface area contributed by atoms with Crippen LogP contribution in [-0.4, -0.2) is 18.5 Å². The Bertz CT molecular complexity index is 266. The van der Waals surface area contributed by atoms with Crippen LogP contribution in [0, 0.1) is 0 Å². The van der Waals surface area contributed by atoms with Gasteiger partial charge in [-0.05, 0) is 31.3 Å². The molecule has 3 heteroatoms. The van der Waals surface area contributed by atoms with Crippen LogP contribution in [0.25, 0.3) is 0 Å². The number of nitrogens with zero attached hydrogens (tertiary/aromatic N) is 1. The molecule has 0 spiro atoms. The third kappa shape index (κ3) is 3.08. The molecule has 0 radical (unpaired) electrons. The topological polar surface area (TPSA) is 3.24 Å². The summed E-state index contributed by atoms with van der Waals surface area (Å²) in [4.78, 5) is 2.27. The summed E-state index contributed by atoms with van der Waals surface area (Å²) in [5.41, 5.74) is 1.31. The summed E-state index contributed by atoms with van der Waals surface area (Å²) in [5, 5.41) is 0. The van der Waals surface area contributed by atoms with Crippen LogP contribution in [0.3, 0.4) is 0 Å². The molecule has 0 N–H and O–H groups in total. The highest BCUT2D eigenvalue weighted by Gasteiger charge is 2.05. The van der Waals surface area contributed by atoms with Gasteiger partial charge >= 0.3 is 0 Å². The molecule has 0 saturated carbocycles. The lowest BCUT2D eigenvalue weighted by atomic mass is 10.2. The van der Waals surface area contributed by atoms with Gasteiger partial charge in [0.25, 0.3) is 0 Å². The second-order valence-electron chi connectivity index (χ2n) is 3.03. The van der Waals surface area contributed by atoms with Crippen molar-refractivity contribution in [3.8, 4) is 0 Å². The fourth-order valence-electron chi connectivity index (χ4n) is 1.07. The molecule has 0 unspecified atom stereocenters. The predicted octanol–water partition coefficient (Wildman–Crippen LogP) is 3.66. The zero-order chi connectivity index (χ0) is 9.84. The highest BCUT2D eigenvalue weighted by Crippen LogP contribution is 2.25. The van der Waals surface area contributed by atoms with Gasteiger partial charge in [-0.2, -0.15) is 0 Å². The van der Waals surface area contributed by atoms with Gasteiger partial charge in [0.1, 0.15) is 0 Å². The Morgan fingerprint density at radius 1 is 1.23 bits per heavy atom. The third-order valence-electron chi connectivity index (χ3n) is 2.03. The second kappa shape index (κ2) is 5.13. The van der Waals surface area contributed by atoms with Crippen molar-refractivity contribution in [2.24, 2.45) is 0 Å². The number of hydrogen-bond donors (Lipinski definition) is 0. The fourth-order valence-corrected chi connectivity index (χ4v) is 2.31. The second-order valence-corrected chi connectivity index (χ2v) is 4.74. The summed E-state index contributed by atoms with van der Waals surface area (Å²) in [6.07, 6.45) is 0. The predicted molar refractivity (Wildman–Crippen MR) is 63.9 cm³/mol. The van der Waals surface area contributed by atoms with E-state index in [9.17, 15) is 0 Å². The van der Waals surface area contributed by atoms with Gasteiger partial charge in [-0.3, -0.25) is 0 Å². The molecule has 1 rings (SSSR count). The minimum absolute atomic E-state index is 0.971. The van der Waals surface area contributed by atoms with Crippen LogP contribution in [0.4, 0.5) is 0 Å². The van der Waals surface area contributed by atoms with E-state index >= 15 is 0 Å². The summed E-state index contributed by atoms with van der Waals surface area (Å²) in [6, 6.07) is 6.18. The Morgan fingerprint density at radius 2 is 1.77 bits per heavy atom. The fraction of sp³-hybridized carbons (Fsp3) is 0.400. The van der Waals surface area contributed by atoms with Gasteiger partial charge in [-0.15, -0.1) is 0 Å². The van der Waals surface area contributed by atoms with Crippen molar-refractivity contribution in [1.29, 1.82) is 0 Å². The first-order valence-electron chi connectivity index (χ1n) is 4.26. The molecule has 0 amide bonds. The Balaban J connectivity index is 2.87. The Labute approximate surface area is 96.4 Å². The van der Waals surface area contributed by atoms with E-state index in [1.54, 1.807) is 0 Å². The Morgan fingerprint density at radius 3 is 2.23 bits per heavy atom. The van der Waals surface area contributed by atoms with Gasteiger partial charge in [0.15, 0.2) is 0 Å². The zero-order valence-corrected chi connectivity index (χ0v) is 11.0. The largest absolute Gasteiger partial charge is 0.302 e. The molecule has 0 saturated heterocycles. The van der Waals surface area contributed by atoms with E-state index in [0.29, 0.717) is 0 Å². The molecule has 0 fully saturated rings. The first kappa shape index (κ1) is 11.2. The SMILES string of the molecule is CCN(C)Cc1c(Br)cccc1Br. The van der Waals surface area contributed by atoms with E-state index in [-0.39, 0.29) is 0 Å². The molecule has 0 aliphatic carbocycles. The maximum atomic E-state index is 3.55. The number of hydrogen-bond acceptors (Lipinski definition) is 1. The number of benzene rings is 1. The standard InChI is InChI=1S/C10H13Br2N/c1-3-13(2)7-8-9(11)5-4-6-10(8)12/h4-6H,3,7H2,1-2H3. The van der Waals surface area contributed by atoms with Crippen LogP contribution in [-0.2, 0) is 6.54 Å². The number of rotatable bonds is 3. The molecule has 72 valence electrons. The molecule has 0 bridgehead atoms. The van der Waals surface area contributed by atoms with Crippen molar-refractivity contribution in [3.63, 3.8) is 0 Å². The Kier molecular flexibility index (Phi) is 4.42. The number of halogens is 2. The van der Waals surface area contributed by atoms with E-state index in [1.807, 2.05) is 6.07 Å². The maximum Gasteiger partial charge on any atom is 0.0253 e. The van der Waals surface area contributed by atoms with Crippen molar-refractivity contribution >= 4 is 31.9 Å². The first-order valence-corrected chi connectivity index (χ1v) is 5.85. The van der Waals surface area contributed by atoms with Crippen LogP contribution in [0.15, 0.2) is 27.1 Å². The Hall–Kier alpha value is 0.140. The molecule has 0 aliphatic rings. The lowest BCUT2D eigenvalue weighted by Gasteiger charge is -2.16. The minimum Gasteiger partial charge on any atom is -0.302 e. The summed E-state index contributed by atoms with van der Waals surface area (Å²) >= 11 is 7.10. The molecule has 0 atom stereocenters. The highest BCUT2D eigenvalue weighted by atomic mass is 79.9. The van der Waals surface area contributed by atoms with Gasteiger partial charge in [0.2, 0.25) is 0 Å². The zero-order valence-electron chi connectivity index (χ0n) is 7.85. The molecule has 1 aromatic rings. The van der Waals surface area contributed by atoms with Crippen molar-refractivity contribution < 1.29 is 0 Å². The quantitative estimate of drug-likeness (QED) is 0.824. The smallest absolute Gasteiger partial charge is 0.0253 e. The molecule has 1 aromatic carbocycles. The molecular formula is C10H13Br2N. The summed E-state index contributed by atoms with van der Waals surface area (Å²) in [5.74, 6) is 0. The van der Waals surface area contributed by atoms with Crippen molar-refractivity contribution in [2.45, 2.75) is 13.5 Å². The molecule has 0 aliphatic heterocycles. The van der Waals surface area contributed by atoms with Crippen LogP contribution in [0.2, 0.25) is 0 Å². The normalized spacial score (nSPS) is 10.8. The van der Waals surface area contributed by atoms with E-state index in [0.717, 1.165) is 13.1 Å². The average Bonchev–Trinajstić information content (AvgIpc) is 2.11. The molecule has 0 heterocycles. The molecular weight excluding hydrogens is 294 g/mol. The van der Waals surface area contributed by atoms with Crippen LogP contribution in [0.1, 0.15) is 12.5 Å². The van der Waals surface area contributed by atoms with Crippen LogP contribution in [0.5, 0.6) is 0 Å². The van der Waals surface area contributed by atoms with E-state index in [4.69, 9.17) is 0 Å². The monoisotopic (exact) mass is 305 g/mol. The molecule has 1 nitrogen and oxygen atoms in total. The minimum atomic E-state index is 0.971. The summed E-state index contributed by atoms with van der Waals surface area (Å²) < 4.78 is 2.34. The van der Waals surface area contributed by atoms with Gasteiger partial charge in [-0.1, -0.05) is 44.8 Å². The van der Waals surface area contributed by atoms with Crippen molar-refractivity contribution in [1.82, 2.24) is 4.90 Å². The van der Waals surface area contributed by atoms with Crippen LogP contribution >= 0.6 is 31.9 Å². The summed E-state index contributed by atoms with van der Waals surface area (Å²) in [7, 11) is 2.12. The lowest BCUT2D eigenvalue weighted by Crippen LogP contribution is -2.17. The van der Waals surface area contributed by atoms with Gasteiger partial charge in [-0.25, -0.2) is 0 Å². The van der Waals surface area contributed by atoms with E-state index in [1.165, 1.54) is 14.5 Å². The summed E-state index contributed by atoms with van der Waals surface area (Å²) in [6.45, 7) is 4.19. The highest BCUT2D eigenvalue weighted by molar-refractivity contribution is 9.11. The van der Waals surface area contributed by atoms with Gasteiger partial charge < -0.3 is 4.90 Å². The average molecular weight is 307 g/mol. The van der Waals surface area contributed by atoms with Crippen molar-refractivity contribution in [3.05, 3.63) is 32.7 Å². The third-order valence-corrected chi connectivity index (χ3v) is 3.52. The van der Waals surface area contributed by atoms with Crippen molar-refractivity contribution in [2.75, 3.05) is 13.6 Å².